The molecular formula is C11H12ClNO4. The second-order valence-corrected chi connectivity index (χ2v) is 3.80. The largest absolute Gasteiger partial charge is 0.480 e. The van der Waals surface area contributed by atoms with Crippen LogP contribution in [0.4, 0.5) is 5.69 Å². The van der Waals surface area contributed by atoms with Crippen molar-refractivity contribution >= 4 is 29.2 Å². The van der Waals surface area contributed by atoms with E-state index in [-0.39, 0.29) is 0 Å². The third-order valence-corrected chi connectivity index (χ3v) is 2.46. The summed E-state index contributed by atoms with van der Waals surface area (Å²) in [6.07, 6.45) is 0. The number of ether oxygens (including phenoxy) is 1. The van der Waals surface area contributed by atoms with Gasteiger partial charge >= 0.3 is 11.9 Å². The van der Waals surface area contributed by atoms with E-state index in [4.69, 9.17) is 16.7 Å². The van der Waals surface area contributed by atoms with Crippen LogP contribution in [0.25, 0.3) is 0 Å². The monoisotopic (exact) mass is 257 g/mol. The Kier molecular flexibility index (Phi) is 4.34. The lowest BCUT2D eigenvalue weighted by molar-refractivity contribution is -0.137. The Bertz CT molecular complexity index is 447. The number of hydrogen-bond donors (Lipinski definition) is 2. The van der Waals surface area contributed by atoms with Crippen LogP contribution in [0, 0.1) is 0 Å². The molecule has 0 aliphatic heterocycles. The van der Waals surface area contributed by atoms with Gasteiger partial charge in [0.1, 0.15) is 6.04 Å². The van der Waals surface area contributed by atoms with Crippen LogP contribution >= 0.6 is 11.6 Å². The molecule has 0 spiro atoms. The number of carbonyl (C=O) groups is 2. The fourth-order valence-electron chi connectivity index (χ4n) is 1.18. The van der Waals surface area contributed by atoms with E-state index in [2.05, 4.69) is 10.1 Å². The van der Waals surface area contributed by atoms with Crippen LogP contribution in [0.3, 0.4) is 0 Å². The van der Waals surface area contributed by atoms with E-state index in [1.54, 1.807) is 0 Å². The van der Waals surface area contributed by atoms with Gasteiger partial charge in [-0.05, 0) is 25.1 Å². The van der Waals surface area contributed by atoms with E-state index < -0.39 is 18.0 Å². The van der Waals surface area contributed by atoms with Gasteiger partial charge in [-0.1, -0.05) is 11.6 Å². The zero-order chi connectivity index (χ0) is 13.0. The van der Waals surface area contributed by atoms with E-state index in [1.165, 1.54) is 32.2 Å². The first-order valence-electron chi connectivity index (χ1n) is 4.83. The molecule has 0 aliphatic carbocycles. The standard InChI is InChI=1S/C11H12ClNO4/c1-6(10(14)15)13-9-5-7(11(16)17-2)3-4-8(9)12/h3-6,13H,1-2H3,(H,14,15). The zero-order valence-corrected chi connectivity index (χ0v) is 10.1. The molecule has 0 bridgehead atoms. The van der Waals surface area contributed by atoms with Crippen molar-refractivity contribution in [3.8, 4) is 0 Å². The van der Waals surface area contributed by atoms with Crippen LogP contribution in [-0.4, -0.2) is 30.2 Å². The Hall–Kier alpha value is -1.75. The fraction of sp³-hybridized carbons (Fsp3) is 0.273. The van der Waals surface area contributed by atoms with Crippen molar-refractivity contribution < 1.29 is 19.4 Å². The molecule has 92 valence electrons. The fourth-order valence-corrected chi connectivity index (χ4v) is 1.35. The number of methoxy groups -OCH3 is 1. The highest BCUT2D eigenvalue weighted by Gasteiger charge is 2.14. The van der Waals surface area contributed by atoms with Crippen molar-refractivity contribution in [1.29, 1.82) is 0 Å². The number of esters is 1. The van der Waals surface area contributed by atoms with Crippen molar-refractivity contribution in [1.82, 2.24) is 0 Å². The van der Waals surface area contributed by atoms with Crippen molar-refractivity contribution in [2.24, 2.45) is 0 Å². The lowest BCUT2D eigenvalue weighted by Gasteiger charge is -2.13. The molecule has 1 rings (SSSR count). The van der Waals surface area contributed by atoms with E-state index in [0.717, 1.165) is 0 Å². The number of carbonyl (C=O) groups excluding carboxylic acids is 1. The van der Waals surface area contributed by atoms with Crippen molar-refractivity contribution in [2.45, 2.75) is 13.0 Å². The molecule has 0 saturated heterocycles. The maximum absolute atomic E-state index is 11.3. The molecule has 1 atom stereocenters. The molecule has 0 radical (unpaired) electrons. The Morgan fingerprint density at radius 2 is 2.12 bits per heavy atom. The molecule has 5 nitrogen and oxygen atoms in total. The third-order valence-electron chi connectivity index (χ3n) is 2.13. The number of carboxylic acids is 1. The minimum Gasteiger partial charge on any atom is -0.480 e. The molecule has 0 fully saturated rings. The third kappa shape index (κ3) is 3.35. The topological polar surface area (TPSA) is 75.6 Å². The summed E-state index contributed by atoms with van der Waals surface area (Å²) in [4.78, 5) is 22.0. The van der Waals surface area contributed by atoms with Crippen molar-refractivity contribution in [3.05, 3.63) is 28.8 Å². The van der Waals surface area contributed by atoms with Gasteiger partial charge in [0.15, 0.2) is 0 Å². The van der Waals surface area contributed by atoms with Gasteiger partial charge in [-0.3, -0.25) is 4.79 Å². The first kappa shape index (κ1) is 13.3. The molecule has 0 aliphatic rings. The molecule has 0 amide bonds. The second-order valence-electron chi connectivity index (χ2n) is 3.39. The quantitative estimate of drug-likeness (QED) is 0.807. The van der Waals surface area contributed by atoms with Gasteiger partial charge in [0.2, 0.25) is 0 Å². The molecule has 17 heavy (non-hydrogen) atoms. The highest BCUT2D eigenvalue weighted by molar-refractivity contribution is 6.33. The Labute approximate surface area is 103 Å². The first-order chi connectivity index (χ1) is 7.95. The van der Waals surface area contributed by atoms with E-state index in [0.29, 0.717) is 16.3 Å². The van der Waals surface area contributed by atoms with Crippen LogP contribution < -0.4 is 5.32 Å². The molecular weight excluding hydrogens is 246 g/mol. The Morgan fingerprint density at radius 3 is 2.65 bits per heavy atom. The molecule has 0 aromatic heterocycles. The zero-order valence-electron chi connectivity index (χ0n) is 9.36. The lowest BCUT2D eigenvalue weighted by Crippen LogP contribution is -2.25. The van der Waals surface area contributed by atoms with Gasteiger partial charge in [0.25, 0.3) is 0 Å². The molecule has 1 unspecified atom stereocenters. The van der Waals surface area contributed by atoms with Gasteiger partial charge in [0, 0.05) is 0 Å². The number of carboxylic acid groups (broad SMARTS) is 1. The van der Waals surface area contributed by atoms with Crippen LogP contribution in [0.1, 0.15) is 17.3 Å². The Balaban J connectivity index is 2.98. The van der Waals surface area contributed by atoms with Gasteiger partial charge in [-0.15, -0.1) is 0 Å². The van der Waals surface area contributed by atoms with Gasteiger partial charge in [0.05, 0.1) is 23.4 Å². The highest BCUT2D eigenvalue weighted by atomic mass is 35.5. The molecule has 0 heterocycles. The molecule has 2 N–H and O–H groups in total. The van der Waals surface area contributed by atoms with Gasteiger partial charge in [-0.2, -0.15) is 0 Å². The Morgan fingerprint density at radius 1 is 1.47 bits per heavy atom. The average molecular weight is 258 g/mol. The van der Waals surface area contributed by atoms with E-state index >= 15 is 0 Å². The minimum absolute atomic E-state index is 0.303. The number of halogens is 1. The maximum atomic E-state index is 11.3. The van der Waals surface area contributed by atoms with Gasteiger partial charge in [-0.25, -0.2) is 4.79 Å². The average Bonchev–Trinajstić information content (AvgIpc) is 2.30. The van der Waals surface area contributed by atoms with Crippen molar-refractivity contribution in [2.75, 3.05) is 12.4 Å². The summed E-state index contributed by atoms with van der Waals surface area (Å²) in [6, 6.07) is 3.66. The smallest absolute Gasteiger partial charge is 0.337 e. The maximum Gasteiger partial charge on any atom is 0.337 e. The summed E-state index contributed by atoms with van der Waals surface area (Å²) >= 11 is 5.89. The number of nitrogens with one attached hydrogen (secondary N) is 1. The number of anilines is 1. The number of aliphatic carboxylic acids is 1. The molecule has 6 heteroatoms. The minimum atomic E-state index is -1.01. The second kappa shape index (κ2) is 5.54. The van der Waals surface area contributed by atoms with Gasteiger partial charge < -0.3 is 15.2 Å². The summed E-state index contributed by atoms with van der Waals surface area (Å²) in [5.74, 6) is -1.52. The van der Waals surface area contributed by atoms with Crippen LogP contribution in [0.2, 0.25) is 5.02 Å². The van der Waals surface area contributed by atoms with Crippen molar-refractivity contribution in [3.63, 3.8) is 0 Å². The SMILES string of the molecule is COC(=O)c1ccc(Cl)c(NC(C)C(=O)O)c1. The summed E-state index contributed by atoms with van der Waals surface area (Å²) < 4.78 is 4.56. The molecule has 1 aromatic rings. The summed E-state index contributed by atoms with van der Waals surface area (Å²) in [5, 5.41) is 11.8. The van der Waals surface area contributed by atoms with Crippen LogP contribution in [-0.2, 0) is 9.53 Å². The number of benzene rings is 1. The summed E-state index contributed by atoms with van der Waals surface area (Å²) in [6.45, 7) is 1.48. The van der Waals surface area contributed by atoms with Crippen LogP contribution in [0.15, 0.2) is 18.2 Å². The summed E-state index contributed by atoms with van der Waals surface area (Å²) in [5.41, 5.74) is 0.682. The first-order valence-corrected chi connectivity index (χ1v) is 5.20. The normalized spacial score (nSPS) is 11.7. The number of rotatable bonds is 4. The predicted molar refractivity (Wildman–Crippen MR) is 63.5 cm³/mol. The van der Waals surface area contributed by atoms with E-state index in [1.807, 2.05) is 0 Å². The molecule has 0 saturated carbocycles. The molecule has 1 aromatic carbocycles. The van der Waals surface area contributed by atoms with E-state index in [9.17, 15) is 9.59 Å². The number of hydrogen-bond acceptors (Lipinski definition) is 4. The highest BCUT2D eigenvalue weighted by Crippen LogP contribution is 2.24. The van der Waals surface area contributed by atoms with Crippen LogP contribution in [0.5, 0.6) is 0 Å². The summed E-state index contributed by atoms with van der Waals surface area (Å²) in [7, 11) is 1.27. The lowest BCUT2D eigenvalue weighted by atomic mass is 10.2. The predicted octanol–water partition coefficient (Wildman–Crippen LogP) is 2.01.